The fourth-order valence-electron chi connectivity index (χ4n) is 1.46. The van der Waals surface area contributed by atoms with Gasteiger partial charge in [0.2, 0.25) is 0 Å². The molecule has 0 aliphatic carbocycles. The van der Waals surface area contributed by atoms with Crippen LogP contribution in [0.3, 0.4) is 0 Å². The number of hydrogen-bond acceptors (Lipinski definition) is 3. The Morgan fingerprint density at radius 3 is 3.08 bits per heavy atom. The van der Waals surface area contributed by atoms with Crippen LogP contribution in [0.5, 0.6) is 0 Å². The maximum atomic E-state index is 11.0. The number of methoxy groups -OCH3 is 1. The van der Waals surface area contributed by atoms with E-state index in [4.69, 9.17) is 0 Å². The first-order chi connectivity index (χ1) is 5.77. The smallest absolute Gasteiger partial charge is 0.409 e. The third-order valence-corrected chi connectivity index (χ3v) is 2.15. The Balaban J connectivity index is 2.34. The minimum atomic E-state index is -0.289. The predicted molar refractivity (Wildman–Crippen MR) is 42.8 cm³/mol. The van der Waals surface area contributed by atoms with Crippen molar-refractivity contribution >= 4 is 12.4 Å². The van der Waals surface area contributed by atoms with Crippen molar-refractivity contribution in [2.24, 2.45) is 5.92 Å². The molecule has 0 N–H and O–H groups in total. The first-order valence-corrected chi connectivity index (χ1v) is 4.04. The molecule has 4 heteroatoms. The van der Waals surface area contributed by atoms with Crippen LogP contribution in [-0.4, -0.2) is 37.5 Å². The second kappa shape index (κ2) is 4.09. The summed E-state index contributed by atoms with van der Waals surface area (Å²) in [5.41, 5.74) is 0. The largest absolute Gasteiger partial charge is 0.453 e. The van der Waals surface area contributed by atoms with Gasteiger partial charge in [0, 0.05) is 19.5 Å². The lowest BCUT2D eigenvalue weighted by atomic mass is 10.1. The van der Waals surface area contributed by atoms with E-state index in [2.05, 4.69) is 4.74 Å². The Labute approximate surface area is 71.5 Å². The van der Waals surface area contributed by atoms with Crippen LogP contribution in [0.4, 0.5) is 4.79 Å². The molecule has 1 fully saturated rings. The van der Waals surface area contributed by atoms with Crippen LogP contribution < -0.4 is 0 Å². The highest BCUT2D eigenvalue weighted by Gasteiger charge is 2.25. The second-order valence-electron chi connectivity index (χ2n) is 2.97. The number of aldehydes is 1. The molecule has 0 aromatic heterocycles. The SMILES string of the molecule is COC(=O)N1CCC(CC=O)C1. The van der Waals surface area contributed by atoms with E-state index in [1.54, 1.807) is 4.90 Å². The summed E-state index contributed by atoms with van der Waals surface area (Å²) in [4.78, 5) is 22.8. The molecule has 0 radical (unpaired) electrons. The highest BCUT2D eigenvalue weighted by atomic mass is 16.5. The highest BCUT2D eigenvalue weighted by molar-refractivity contribution is 5.67. The number of nitrogens with zero attached hydrogens (tertiary/aromatic N) is 1. The number of ether oxygens (including phenoxy) is 1. The molecule has 1 aliphatic heterocycles. The van der Waals surface area contributed by atoms with Gasteiger partial charge in [0.15, 0.2) is 0 Å². The zero-order valence-electron chi connectivity index (χ0n) is 7.16. The van der Waals surface area contributed by atoms with Crippen LogP contribution in [0.25, 0.3) is 0 Å². The molecule has 4 nitrogen and oxygen atoms in total. The zero-order valence-corrected chi connectivity index (χ0v) is 7.16. The fraction of sp³-hybridized carbons (Fsp3) is 0.750. The highest BCUT2D eigenvalue weighted by Crippen LogP contribution is 2.18. The van der Waals surface area contributed by atoms with Gasteiger partial charge in [-0.2, -0.15) is 0 Å². The van der Waals surface area contributed by atoms with Crippen LogP contribution in [0.1, 0.15) is 12.8 Å². The van der Waals surface area contributed by atoms with Gasteiger partial charge < -0.3 is 14.4 Å². The van der Waals surface area contributed by atoms with Gasteiger partial charge in [0.25, 0.3) is 0 Å². The molecule has 0 aromatic carbocycles. The second-order valence-corrected chi connectivity index (χ2v) is 2.97. The van der Waals surface area contributed by atoms with Crippen molar-refractivity contribution in [2.45, 2.75) is 12.8 Å². The molecular weight excluding hydrogens is 158 g/mol. The molecule has 1 amide bonds. The van der Waals surface area contributed by atoms with E-state index >= 15 is 0 Å². The maximum Gasteiger partial charge on any atom is 0.409 e. The van der Waals surface area contributed by atoms with Gasteiger partial charge in [-0.1, -0.05) is 0 Å². The quantitative estimate of drug-likeness (QED) is 0.573. The van der Waals surface area contributed by atoms with E-state index in [1.807, 2.05) is 0 Å². The van der Waals surface area contributed by atoms with Crippen molar-refractivity contribution in [3.05, 3.63) is 0 Å². The Bertz CT molecular complexity index is 181. The molecule has 0 aromatic rings. The van der Waals surface area contributed by atoms with Crippen LogP contribution in [0, 0.1) is 5.92 Å². The normalized spacial score (nSPS) is 22.4. The third-order valence-electron chi connectivity index (χ3n) is 2.15. The van der Waals surface area contributed by atoms with E-state index in [0.717, 1.165) is 12.7 Å². The molecule has 12 heavy (non-hydrogen) atoms. The first-order valence-electron chi connectivity index (χ1n) is 4.04. The lowest BCUT2D eigenvalue weighted by Crippen LogP contribution is -2.28. The summed E-state index contributed by atoms with van der Waals surface area (Å²) in [6.45, 7) is 1.37. The molecule has 1 saturated heterocycles. The monoisotopic (exact) mass is 171 g/mol. The van der Waals surface area contributed by atoms with E-state index in [-0.39, 0.29) is 6.09 Å². The number of carbonyl (C=O) groups excluding carboxylic acids is 2. The summed E-state index contributed by atoms with van der Waals surface area (Å²) in [6, 6.07) is 0. The molecule has 1 unspecified atom stereocenters. The Kier molecular flexibility index (Phi) is 3.08. The first kappa shape index (κ1) is 9.03. The molecule has 1 heterocycles. The van der Waals surface area contributed by atoms with Gasteiger partial charge in [0.05, 0.1) is 7.11 Å². The van der Waals surface area contributed by atoms with Crippen LogP contribution >= 0.6 is 0 Å². The molecule has 0 saturated carbocycles. The van der Waals surface area contributed by atoms with Crippen LogP contribution in [0.2, 0.25) is 0 Å². The van der Waals surface area contributed by atoms with Crippen LogP contribution in [0.15, 0.2) is 0 Å². The Morgan fingerprint density at radius 2 is 2.50 bits per heavy atom. The summed E-state index contributed by atoms with van der Waals surface area (Å²) in [7, 11) is 1.37. The van der Waals surface area contributed by atoms with Crippen molar-refractivity contribution in [1.29, 1.82) is 0 Å². The Morgan fingerprint density at radius 1 is 1.75 bits per heavy atom. The lowest BCUT2D eigenvalue weighted by molar-refractivity contribution is -0.108. The van der Waals surface area contributed by atoms with Gasteiger partial charge in [0.1, 0.15) is 6.29 Å². The van der Waals surface area contributed by atoms with Gasteiger partial charge >= 0.3 is 6.09 Å². The molecule has 0 spiro atoms. The van der Waals surface area contributed by atoms with Crippen molar-refractivity contribution < 1.29 is 14.3 Å². The van der Waals surface area contributed by atoms with Gasteiger partial charge in [-0.15, -0.1) is 0 Å². The molecule has 0 bridgehead atoms. The van der Waals surface area contributed by atoms with Gasteiger partial charge in [-0.3, -0.25) is 0 Å². The number of amides is 1. The molecular formula is C8H13NO3. The van der Waals surface area contributed by atoms with E-state index < -0.39 is 0 Å². The molecule has 1 atom stereocenters. The van der Waals surface area contributed by atoms with Gasteiger partial charge in [-0.05, 0) is 12.3 Å². The third kappa shape index (κ3) is 1.96. The van der Waals surface area contributed by atoms with Crippen molar-refractivity contribution in [3.63, 3.8) is 0 Å². The van der Waals surface area contributed by atoms with Gasteiger partial charge in [-0.25, -0.2) is 4.79 Å². The summed E-state index contributed by atoms with van der Waals surface area (Å²) in [5.74, 6) is 0.335. The maximum absolute atomic E-state index is 11.0. The molecule has 1 rings (SSSR count). The zero-order chi connectivity index (χ0) is 8.97. The lowest BCUT2D eigenvalue weighted by Gasteiger charge is -2.13. The summed E-state index contributed by atoms with van der Waals surface area (Å²) in [6.07, 6.45) is 2.08. The number of likely N-dealkylation sites (tertiary alicyclic amines) is 1. The van der Waals surface area contributed by atoms with Crippen molar-refractivity contribution in [3.8, 4) is 0 Å². The average molecular weight is 171 g/mol. The predicted octanol–water partition coefficient (Wildman–Crippen LogP) is 0.664. The summed E-state index contributed by atoms with van der Waals surface area (Å²) >= 11 is 0. The number of rotatable bonds is 2. The minimum Gasteiger partial charge on any atom is -0.453 e. The molecule has 1 aliphatic rings. The summed E-state index contributed by atoms with van der Waals surface area (Å²) < 4.78 is 4.56. The summed E-state index contributed by atoms with van der Waals surface area (Å²) in [5, 5.41) is 0. The Hall–Kier alpha value is -1.06. The standard InChI is InChI=1S/C8H13NO3/c1-12-8(11)9-4-2-7(6-9)3-5-10/h5,7H,2-4,6H2,1H3. The van der Waals surface area contributed by atoms with E-state index in [9.17, 15) is 9.59 Å². The fourth-order valence-corrected chi connectivity index (χ4v) is 1.46. The van der Waals surface area contributed by atoms with Crippen molar-refractivity contribution in [1.82, 2.24) is 4.90 Å². The minimum absolute atomic E-state index is 0.289. The number of hydrogen-bond donors (Lipinski definition) is 0. The van der Waals surface area contributed by atoms with Crippen LogP contribution in [-0.2, 0) is 9.53 Å². The molecule has 68 valence electrons. The number of carbonyl (C=O) groups is 2. The van der Waals surface area contributed by atoms with E-state index in [0.29, 0.717) is 25.4 Å². The van der Waals surface area contributed by atoms with E-state index in [1.165, 1.54) is 7.11 Å². The van der Waals surface area contributed by atoms with Crippen molar-refractivity contribution in [2.75, 3.05) is 20.2 Å². The average Bonchev–Trinajstić information content (AvgIpc) is 2.52. The topological polar surface area (TPSA) is 46.6 Å².